The second-order valence-corrected chi connectivity index (χ2v) is 7.22. The molecule has 0 aromatic heterocycles. The molecule has 25 heavy (non-hydrogen) atoms. The molecule has 0 spiro atoms. The molecule has 0 aromatic carbocycles. The third-order valence-electron chi connectivity index (χ3n) is 4.98. The maximum absolute atomic E-state index is 12.5. The molecule has 134 valence electrons. The van der Waals surface area contributed by atoms with Crippen molar-refractivity contribution in [2.75, 3.05) is 0 Å². The number of hydrogen-bond acceptors (Lipinski definition) is 5. The lowest BCUT2D eigenvalue weighted by Gasteiger charge is -2.26. The van der Waals surface area contributed by atoms with Gasteiger partial charge in [-0.15, -0.1) is 0 Å². The Morgan fingerprint density at radius 2 is 2.24 bits per heavy atom. The number of urea groups is 1. The largest absolute Gasteiger partial charge is 0.474 e. The molecule has 4 heterocycles. The Hall–Kier alpha value is -2.28. The molecule has 7 heteroatoms. The van der Waals surface area contributed by atoms with Crippen molar-refractivity contribution in [3.63, 3.8) is 0 Å². The van der Waals surface area contributed by atoms with E-state index in [1.165, 1.54) is 11.3 Å². The van der Waals surface area contributed by atoms with Gasteiger partial charge >= 0.3 is 12.0 Å². The highest BCUT2D eigenvalue weighted by molar-refractivity contribution is 5.88. The van der Waals surface area contributed by atoms with Gasteiger partial charge in [-0.2, -0.15) is 0 Å². The van der Waals surface area contributed by atoms with Crippen LogP contribution in [0.4, 0.5) is 4.79 Å². The lowest BCUT2D eigenvalue weighted by atomic mass is 9.96. The summed E-state index contributed by atoms with van der Waals surface area (Å²) in [5.74, 6) is -0.308. The Morgan fingerprint density at radius 3 is 2.92 bits per heavy atom. The van der Waals surface area contributed by atoms with Crippen LogP contribution in [0.2, 0.25) is 0 Å². The van der Waals surface area contributed by atoms with Crippen LogP contribution in [0.25, 0.3) is 0 Å². The van der Waals surface area contributed by atoms with Gasteiger partial charge in [0.25, 0.3) is 0 Å². The number of esters is 1. The van der Waals surface area contributed by atoms with E-state index in [9.17, 15) is 9.59 Å². The average Bonchev–Trinajstić information content (AvgIpc) is 3.28. The number of nitrogens with zero attached hydrogens (tertiary/aromatic N) is 1. The maximum atomic E-state index is 12.5. The van der Waals surface area contributed by atoms with Gasteiger partial charge < -0.3 is 20.1 Å². The smallest absolute Gasteiger partial charge is 0.373 e. The molecular weight excluding hydrogens is 322 g/mol. The lowest BCUT2D eigenvalue weighted by molar-refractivity contribution is -0.146. The maximum Gasteiger partial charge on any atom is 0.373 e. The quantitative estimate of drug-likeness (QED) is 0.759. The first-order chi connectivity index (χ1) is 12.0. The molecule has 7 nitrogen and oxygen atoms in total. The molecule has 4 aliphatic rings. The second kappa shape index (κ2) is 6.22. The third-order valence-corrected chi connectivity index (χ3v) is 4.98. The van der Waals surface area contributed by atoms with Crippen LogP contribution in [-0.4, -0.2) is 47.2 Å². The summed E-state index contributed by atoms with van der Waals surface area (Å²) in [6.45, 7) is 3.58. The summed E-state index contributed by atoms with van der Waals surface area (Å²) in [6, 6.07) is 0.946. The minimum absolute atomic E-state index is 0.159. The fourth-order valence-corrected chi connectivity index (χ4v) is 3.83. The van der Waals surface area contributed by atoms with E-state index in [1.54, 1.807) is 38.4 Å². The monoisotopic (exact) mass is 345 g/mol. The summed E-state index contributed by atoms with van der Waals surface area (Å²) >= 11 is 0. The zero-order valence-electron chi connectivity index (χ0n) is 14.4. The summed E-state index contributed by atoms with van der Waals surface area (Å²) in [4.78, 5) is 26.0. The first-order valence-corrected chi connectivity index (χ1v) is 8.84. The molecule has 2 bridgehead atoms. The predicted molar refractivity (Wildman–Crippen MR) is 90.1 cm³/mol. The zero-order chi connectivity index (χ0) is 17.6. The van der Waals surface area contributed by atoms with E-state index in [-0.39, 0.29) is 30.0 Å². The number of carbonyl (C=O) groups excluding carboxylic acids is 2. The van der Waals surface area contributed by atoms with E-state index < -0.39 is 5.97 Å². The normalized spacial score (nSPS) is 32.2. The van der Waals surface area contributed by atoms with Crippen LogP contribution in [0.3, 0.4) is 0 Å². The van der Waals surface area contributed by atoms with E-state index in [0.29, 0.717) is 12.1 Å². The Kier molecular flexibility index (Phi) is 4.03. The van der Waals surface area contributed by atoms with Crippen LogP contribution < -0.4 is 10.6 Å². The summed E-state index contributed by atoms with van der Waals surface area (Å²) < 4.78 is 10.7. The fraction of sp³-hybridized carbons (Fsp3) is 0.556. The van der Waals surface area contributed by atoms with Crippen molar-refractivity contribution in [1.29, 1.82) is 0 Å². The molecule has 0 aliphatic carbocycles. The van der Waals surface area contributed by atoms with Gasteiger partial charge in [0.1, 0.15) is 6.10 Å². The van der Waals surface area contributed by atoms with Crippen molar-refractivity contribution in [2.45, 2.75) is 63.4 Å². The van der Waals surface area contributed by atoms with Gasteiger partial charge in [0.15, 0.2) is 0 Å². The average molecular weight is 345 g/mol. The lowest BCUT2D eigenvalue weighted by Crippen LogP contribution is -2.46. The molecule has 0 radical (unpaired) electrons. The molecule has 4 rings (SSSR count). The summed E-state index contributed by atoms with van der Waals surface area (Å²) in [5.41, 5.74) is 0.763. The molecule has 2 amide bonds. The molecule has 1 unspecified atom stereocenters. The molecule has 2 saturated heterocycles. The van der Waals surface area contributed by atoms with Gasteiger partial charge in [-0.3, -0.25) is 4.90 Å². The van der Waals surface area contributed by atoms with Crippen molar-refractivity contribution < 1.29 is 19.1 Å². The molecule has 0 aromatic rings. The van der Waals surface area contributed by atoms with Crippen LogP contribution in [0.1, 0.15) is 33.1 Å². The van der Waals surface area contributed by atoms with Crippen molar-refractivity contribution >= 4 is 12.0 Å². The van der Waals surface area contributed by atoms with Gasteiger partial charge in [-0.25, -0.2) is 9.59 Å². The highest BCUT2D eigenvalue weighted by Crippen LogP contribution is 2.30. The topological polar surface area (TPSA) is 79.9 Å². The summed E-state index contributed by atoms with van der Waals surface area (Å²) in [6.07, 6.45) is 9.53. The number of hydrogen-bond donors (Lipinski definition) is 2. The SMILES string of the molecule is CC(C)OC(=O)C1=CC2=CN(C(=O)N[C@@H]3C[C@H]4CC[C@@H]3N4)C=CC2O1. The van der Waals surface area contributed by atoms with Crippen molar-refractivity contribution in [2.24, 2.45) is 0 Å². The highest BCUT2D eigenvalue weighted by atomic mass is 16.6. The third kappa shape index (κ3) is 3.16. The molecule has 2 fully saturated rings. The fourth-order valence-electron chi connectivity index (χ4n) is 3.83. The van der Waals surface area contributed by atoms with E-state index in [4.69, 9.17) is 9.47 Å². The molecule has 2 N–H and O–H groups in total. The summed E-state index contributed by atoms with van der Waals surface area (Å²) in [7, 11) is 0. The molecule has 0 saturated carbocycles. The first-order valence-electron chi connectivity index (χ1n) is 8.84. The van der Waals surface area contributed by atoms with Crippen LogP contribution in [0.5, 0.6) is 0 Å². The van der Waals surface area contributed by atoms with Crippen molar-refractivity contribution in [3.05, 3.63) is 35.9 Å². The molecule has 4 atom stereocenters. The van der Waals surface area contributed by atoms with Crippen molar-refractivity contribution in [3.8, 4) is 0 Å². The Balaban J connectivity index is 1.40. The minimum atomic E-state index is -0.484. The van der Waals surface area contributed by atoms with Crippen LogP contribution in [0, 0.1) is 0 Å². The van der Waals surface area contributed by atoms with Gasteiger partial charge in [0.2, 0.25) is 5.76 Å². The number of fused-ring (bicyclic) bond motifs is 3. The van der Waals surface area contributed by atoms with Gasteiger partial charge in [0, 0.05) is 36.1 Å². The van der Waals surface area contributed by atoms with Crippen molar-refractivity contribution in [1.82, 2.24) is 15.5 Å². The van der Waals surface area contributed by atoms with Crippen LogP contribution in [-0.2, 0) is 14.3 Å². The van der Waals surface area contributed by atoms with Gasteiger partial charge in [-0.05, 0) is 45.3 Å². The van der Waals surface area contributed by atoms with Crippen LogP contribution >= 0.6 is 0 Å². The molecular formula is C18H23N3O4. The standard InChI is InChI=1S/C18H23N3O4/c1-10(2)24-17(22)16-7-11-9-21(6-5-15(11)25-16)18(23)20-14-8-12-3-4-13(14)19-12/h5-7,9-10,12-15,19H,3-4,8H2,1-2H3,(H,20,23)/t12-,13+,14-,15?/m1/s1. The Morgan fingerprint density at radius 1 is 1.40 bits per heavy atom. The number of rotatable bonds is 3. The van der Waals surface area contributed by atoms with Gasteiger partial charge in [-0.1, -0.05) is 0 Å². The van der Waals surface area contributed by atoms with E-state index in [0.717, 1.165) is 18.4 Å². The highest BCUT2D eigenvalue weighted by Gasteiger charge is 2.40. The number of carbonyl (C=O) groups is 2. The second-order valence-electron chi connectivity index (χ2n) is 7.22. The summed E-state index contributed by atoms with van der Waals surface area (Å²) in [5, 5.41) is 6.60. The van der Waals surface area contributed by atoms with E-state index in [1.807, 2.05) is 0 Å². The molecule has 4 aliphatic heterocycles. The first kappa shape index (κ1) is 16.2. The number of nitrogens with one attached hydrogen (secondary N) is 2. The van der Waals surface area contributed by atoms with Crippen LogP contribution in [0.15, 0.2) is 35.9 Å². The van der Waals surface area contributed by atoms with E-state index >= 15 is 0 Å². The number of ether oxygens (including phenoxy) is 2. The number of amides is 2. The Bertz CT molecular complexity index is 682. The predicted octanol–water partition coefficient (Wildman–Crippen LogP) is 1.54. The van der Waals surface area contributed by atoms with Gasteiger partial charge in [0.05, 0.1) is 6.10 Å². The minimum Gasteiger partial charge on any atom is -0.474 e. The zero-order valence-corrected chi connectivity index (χ0v) is 14.4. The Labute approximate surface area is 146 Å². The van der Waals surface area contributed by atoms with E-state index in [2.05, 4.69) is 10.6 Å².